The highest BCUT2D eigenvalue weighted by molar-refractivity contribution is 5.40. The van der Waals surface area contributed by atoms with Crippen molar-refractivity contribution in [2.24, 2.45) is 0 Å². The Morgan fingerprint density at radius 3 is 2.33 bits per heavy atom. The monoisotopic (exact) mass is 204 g/mol. The van der Waals surface area contributed by atoms with Gasteiger partial charge in [0, 0.05) is 6.07 Å². The molecule has 2 saturated carbocycles. The Hall–Kier alpha value is -1.18. The first-order valence-corrected chi connectivity index (χ1v) is 5.75. The van der Waals surface area contributed by atoms with E-state index in [0.29, 0.717) is 12.2 Å². The highest BCUT2D eigenvalue weighted by Gasteiger charge is 2.26. The van der Waals surface area contributed by atoms with E-state index in [1.165, 1.54) is 31.2 Å². The Balaban J connectivity index is 1.76. The van der Waals surface area contributed by atoms with Crippen LogP contribution < -0.4 is 9.47 Å². The molecule has 0 N–H and O–H groups in total. The summed E-state index contributed by atoms with van der Waals surface area (Å²) in [6.07, 6.45) is 5.72. The smallest absolute Gasteiger partial charge is 0.126 e. The number of ether oxygens (including phenoxy) is 2. The van der Waals surface area contributed by atoms with E-state index in [0.717, 1.165) is 11.5 Å². The van der Waals surface area contributed by atoms with Crippen LogP contribution in [0, 0.1) is 6.92 Å². The molecule has 15 heavy (non-hydrogen) atoms. The summed E-state index contributed by atoms with van der Waals surface area (Å²) in [5, 5.41) is 0. The second-order valence-corrected chi connectivity index (χ2v) is 4.56. The number of benzene rings is 1. The summed E-state index contributed by atoms with van der Waals surface area (Å²) in [4.78, 5) is 0. The molecule has 3 rings (SSSR count). The highest BCUT2D eigenvalue weighted by atomic mass is 16.5. The number of hydrogen-bond acceptors (Lipinski definition) is 2. The second-order valence-electron chi connectivity index (χ2n) is 4.56. The van der Waals surface area contributed by atoms with E-state index >= 15 is 0 Å². The molecular formula is C13H16O2. The second kappa shape index (κ2) is 3.44. The molecular weight excluding hydrogens is 188 g/mol. The minimum Gasteiger partial charge on any atom is -0.490 e. The van der Waals surface area contributed by atoms with Gasteiger partial charge < -0.3 is 9.47 Å². The first-order valence-electron chi connectivity index (χ1n) is 5.75. The van der Waals surface area contributed by atoms with Crippen molar-refractivity contribution >= 4 is 0 Å². The first kappa shape index (κ1) is 9.08. The van der Waals surface area contributed by atoms with E-state index < -0.39 is 0 Å². The third kappa shape index (κ3) is 2.25. The molecule has 0 atom stereocenters. The average Bonchev–Trinajstić information content (AvgIpc) is 3.05. The lowest BCUT2D eigenvalue weighted by atomic mass is 10.2. The molecule has 2 heteroatoms. The van der Waals surface area contributed by atoms with Gasteiger partial charge in [0.25, 0.3) is 0 Å². The van der Waals surface area contributed by atoms with Gasteiger partial charge in [-0.25, -0.2) is 0 Å². The fourth-order valence-electron chi connectivity index (χ4n) is 1.52. The number of hydrogen-bond donors (Lipinski definition) is 0. The van der Waals surface area contributed by atoms with Crippen LogP contribution in [0.15, 0.2) is 18.2 Å². The van der Waals surface area contributed by atoms with Crippen LogP contribution in [0.25, 0.3) is 0 Å². The summed E-state index contributed by atoms with van der Waals surface area (Å²) in [5.74, 6) is 1.95. The van der Waals surface area contributed by atoms with Gasteiger partial charge in [-0.1, -0.05) is 6.07 Å². The topological polar surface area (TPSA) is 18.5 Å². The zero-order valence-electron chi connectivity index (χ0n) is 9.03. The molecule has 0 bridgehead atoms. The van der Waals surface area contributed by atoms with Gasteiger partial charge in [0.1, 0.15) is 11.5 Å². The van der Waals surface area contributed by atoms with E-state index in [9.17, 15) is 0 Å². The van der Waals surface area contributed by atoms with Crippen molar-refractivity contribution in [2.75, 3.05) is 0 Å². The summed E-state index contributed by atoms with van der Waals surface area (Å²) < 4.78 is 11.6. The Labute approximate surface area is 90.2 Å². The zero-order chi connectivity index (χ0) is 10.3. The van der Waals surface area contributed by atoms with Crippen molar-refractivity contribution in [1.29, 1.82) is 0 Å². The summed E-state index contributed by atoms with van der Waals surface area (Å²) in [6.45, 7) is 2.08. The molecule has 0 spiro atoms. The first-order chi connectivity index (χ1) is 7.31. The molecule has 0 radical (unpaired) electrons. The van der Waals surface area contributed by atoms with Crippen molar-refractivity contribution in [3.63, 3.8) is 0 Å². The Morgan fingerprint density at radius 2 is 1.67 bits per heavy atom. The zero-order valence-corrected chi connectivity index (χ0v) is 9.03. The van der Waals surface area contributed by atoms with Crippen LogP contribution in [-0.2, 0) is 0 Å². The van der Waals surface area contributed by atoms with E-state index in [2.05, 4.69) is 13.0 Å². The molecule has 80 valence electrons. The van der Waals surface area contributed by atoms with Crippen LogP contribution in [0.4, 0.5) is 0 Å². The molecule has 0 heterocycles. The Bertz CT molecular complexity index is 365. The lowest BCUT2D eigenvalue weighted by Crippen LogP contribution is -2.00. The maximum absolute atomic E-state index is 5.82. The largest absolute Gasteiger partial charge is 0.490 e. The van der Waals surface area contributed by atoms with Gasteiger partial charge in [0.2, 0.25) is 0 Å². The molecule has 2 aliphatic rings. The van der Waals surface area contributed by atoms with Gasteiger partial charge in [-0.05, 0) is 44.2 Å². The molecule has 0 amide bonds. The molecule has 0 saturated heterocycles. The van der Waals surface area contributed by atoms with Gasteiger partial charge in [-0.15, -0.1) is 0 Å². The summed E-state index contributed by atoms with van der Waals surface area (Å²) in [5.41, 5.74) is 1.20. The van der Waals surface area contributed by atoms with Gasteiger partial charge in [0.05, 0.1) is 12.2 Å². The molecule has 1 aromatic carbocycles. The van der Waals surface area contributed by atoms with E-state index in [1.54, 1.807) is 0 Å². The van der Waals surface area contributed by atoms with Crippen molar-refractivity contribution in [2.45, 2.75) is 44.8 Å². The van der Waals surface area contributed by atoms with Crippen LogP contribution in [0.3, 0.4) is 0 Å². The number of rotatable bonds is 4. The van der Waals surface area contributed by atoms with Crippen LogP contribution in [0.1, 0.15) is 31.2 Å². The third-order valence-electron chi connectivity index (χ3n) is 2.80. The highest BCUT2D eigenvalue weighted by Crippen LogP contribution is 2.33. The molecule has 2 aliphatic carbocycles. The van der Waals surface area contributed by atoms with Crippen molar-refractivity contribution < 1.29 is 9.47 Å². The van der Waals surface area contributed by atoms with Crippen LogP contribution in [-0.4, -0.2) is 12.2 Å². The van der Waals surface area contributed by atoms with Crippen molar-refractivity contribution in [1.82, 2.24) is 0 Å². The van der Waals surface area contributed by atoms with Crippen LogP contribution in [0.5, 0.6) is 11.5 Å². The molecule has 0 aromatic heterocycles. The minimum atomic E-state index is 0.458. The predicted octanol–water partition coefficient (Wildman–Crippen LogP) is 3.08. The minimum absolute atomic E-state index is 0.458. The fourth-order valence-corrected chi connectivity index (χ4v) is 1.52. The van der Waals surface area contributed by atoms with Gasteiger partial charge in [0.15, 0.2) is 0 Å². The molecule has 0 aliphatic heterocycles. The quantitative estimate of drug-likeness (QED) is 0.750. The number of aryl methyl sites for hydroxylation is 1. The fraction of sp³-hybridized carbons (Fsp3) is 0.538. The van der Waals surface area contributed by atoms with Gasteiger partial charge in [-0.2, -0.15) is 0 Å². The SMILES string of the molecule is Cc1ccc(OC2CC2)cc1OC1CC1. The van der Waals surface area contributed by atoms with Crippen LogP contribution in [0.2, 0.25) is 0 Å². The van der Waals surface area contributed by atoms with E-state index in [-0.39, 0.29) is 0 Å². The Kier molecular flexibility index (Phi) is 2.08. The molecule has 2 fully saturated rings. The lowest BCUT2D eigenvalue weighted by Gasteiger charge is -2.10. The third-order valence-corrected chi connectivity index (χ3v) is 2.80. The Morgan fingerprint density at radius 1 is 1.00 bits per heavy atom. The van der Waals surface area contributed by atoms with Gasteiger partial charge >= 0.3 is 0 Å². The molecule has 1 aromatic rings. The maximum atomic E-state index is 5.82. The maximum Gasteiger partial charge on any atom is 0.126 e. The standard InChI is InChI=1S/C13H16O2/c1-9-2-3-12(14-10-4-5-10)8-13(9)15-11-6-7-11/h2-3,8,10-11H,4-7H2,1H3. The van der Waals surface area contributed by atoms with Crippen molar-refractivity contribution in [3.8, 4) is 11.5 Å². The normalized spacial score (nSPS) is 20.1. The van der Waals surface area contributed by atoms with E-state index in [1.807, 2.05) is 12.1 Å². The van der Waals surface area contributed by atoms with Crippen LogP contribution >= 0.6 is 0 Å². The van der Waals surface area contributed by atoms with Crippen molar-refractivity contribution in [3.05, 3.63) is 23.8 Å². The summed E-state index contributed by atoms with van der Waals surface area (Å²) in [6, 6.07) is 6.15. The molecule has 2 nitrogen and oxygen atoms in total. The predicted molar refractivity (Wildman–Crippen MR) is 58.5 cm³/mol. The summed E-state index contributed by atoms with van der Waals surface area (Å²) >= 11 is 0. The van der Waals surface area contributed by atoms with E-state index in [4.69, 9.17) is 9.47 Å². The average molecular weight is 204 g/mol. The molecule has 0 unspecified atom stereocenters. The van der Waals surface area contributed by atoms with Gasteiger partial charge in [-0.3, -0.25) is 0 Å². The summed E-state index contributed by atoms with van der Waals surface area (Å²) in [7, 11) is 0. The lowest BCUT2D eigenvalue weighted by molar-refractivity contribution is 0.286.